The van der Waals surface area contributed by atoms with Crippen molar-refractivity contribution in [3.8, 4) is 0 Å². The van der Waals surface area contributed by atoms with E-state index in [0.29, 0.717) is 24.7 Å². The molecule has 0 bridgehead atoms. The first-order chi connectivity index (χ1) is 11.9. The Labute approximate surface area is 153 Å². The van der Waals surface area contributed by atoms with Gasteiger partial charge in [0.25, 0.3) is 5.91 Å². The molecule has 1 heterocycles. The standard InChI is InChI=1S/C16H18ClF2N3O2S/c1-9(2)24-5-3-4-20-15(23)13-8-25-16(22-13)21-10-6-11(18)14(17)12(19)7-10/h6-9H,3-5H2,1-2H3,(H,20,23)(H,21,22). The van der Waals surface area contributed by atoms with Crippen molar-refractivity contribution in [2.24, 2.45) is 0 Å². The minimum atomic E-state index is -0.873. The van der Waals surface area contributed by atoms with Gasteiger partial charge < -0.3 is 15.4 Å². The Hall–Kier alpha value is -1.77. The van der Waals surface area contributed by atoms with Crippen LogP contribution in [0.4, 0.5) is 19.6 Å². The summed E-state index contributed by atoms with van der Waals surface area (Å²) in [5, 5.41) is 6.82. The minimum Gasteiger partial charge on any atom is -0.379 e. The maximum Gasteiger partial charge on any atom is 0.270 e. The molecule has 1 amide bonds. The molecule has 0 radical (unpaired) electrons. The molecule has 0 spiro atoms. The van der Waals surface area contributed by atoms with E-state index in [0.717, 1.165) is 23.5 Å². The van der Waals surface area contributed by atoms with E-state index in [1.807, 2.05) is 13.8 Å². The lowest BCUT2D eigenvalue weighted by atomic mass is 10.3. The van der Waals surface area contributed by atoms with Crippen LogP contribution < -0.4 is 10.6 Å². The molecule has 0 unspecified atom stereocenters. The van der Waals surface area contributed by atoms with E-state index in [4.69, 9.17) is 16.3 Å². The van der Waals surface area contributed by atoms with E-state index in [2.05, 4.69) is 15.6 Å². The molecular weight excluding hydrogens is 372 g/mol. The van der Waals surface area contributed by atoms with Crippen LogP contribution in [0.2, 0.25) is 5.02 Å². The number of thiazole rings is 1. The largest absolute Gasteiger partial charge is 0.379 e. The smallest absolute Gasteiger partial charge is 0.270 e. The average Bonchev–Trinajstić information content (AvgIpc) is 3.00. The summed E-state index contributed by atoms with van der Waals surface area (Å²) in [6, 6.07) is 2.11. The molecular formula is C16H18ClF2N3O2S. The molecule has 9 heteroatoms. The second-order valence-corrected chi connectivity index (χ2v) is 6.68. The summed E-state index contributed by atoms with van der Waals surface area (Å²) in [5.41, 5.74) is 0.388. The Bertz CT molecular complexity index is 717. The van der Waals surface area contributed by atoms with E-state index in [9.17, 15) is 13.6 Å². The number of nitrogens with zero attached hydrogens (tertiary/aromatic N) is 1. The molecule has 0 fully saturated rings. The van der Waals surface area contributed by atoms with Crippen molar-refractivity contribution in [2.45, 2.75) is 26.4 Å². The van der Waals surface area contributed by atoms with E-state index >= 15 is 0 Å². The monoisotopic (exact) mass is 389 g/mol. The molecule has 0 aliphatic heterocycles. The van der Waals surface area contributed by atoms with Crippen LogP contribution in [0.5, 0.6) is 0 Å². The van der Waals surface area contributed by atoms with Crippen LogP contribution in [0.15, 0.2) is 17.5 Å². The zero-order valence-corrected chi connectivity index (χ0v) is 15.3. The first kappa shape index (κ1) is 19.6. The first-order valence-electron chi connectivity index (χ1n) is 7.63. The van der Waals surface area contributed by atoms with Crippen molar-refractivity contribution in [3.63, 3.8) is 0 Å². The van der Waals surface area contributed by atoms with Crippen LogP contribution >= 0.6 is 22.9 Å². The number of ether oxygens (including phenoxy) is 1. The summed E-state index contributed by atoms with van der Waals surface area (Å²) in [6.07, 6.45) is 0.855. The highest BCUT2D eigenvalue weighted by Gasteiger charge is 2.13. The molecule has 2 aromatic rings. The summed E-state index contributed by atoms with van der Waals surface area (Å²) < 4.78 is 32.2. The molecule has 2 N–H and O–H groups in total. The molecule has 0 atom stereocenters. The van der Waals surface area contributed by atoms with Gasteiger partial charge in [-0.2, -0.15) is 0 Å². The maximum absolute atomic E-state index is 13.4. The second kappa shape index (κ2) is 9.07. The number of carbonyl (C=O) groups is 1. The van der Waals surface area contributed by atoms with Gasteiger partial charge in [0.1, 0.15) is 22.4 Å². The van der Waals surface area contributed by atoms with E-state index in [-0.39, 0.29) is 23.4 Å². The van der Waals surface area contributed by atoms with Gasteiger partial charge in [0.2, 0.25) is 0 Å². The lowest BCUT2D eigenvalue weighted by Gasteiger charge is -2.07. The predicted molar refractivity (Wildman–Crippen MR) is 94.8 cm³/mol. The normalized spacial score (nSPS) is 11.0. The number of aromatic nitrogens is 1. The molecule has 2 rings (SSSR count). The third-order valence-electron chi connectivity index (χ3n) is 3.03. The predicted octanol–water partition coefficient (Wildman–Crippen LogP) is 4.36. The Kier molecular flexibility index (Phi) is 7.10. The van der Waals surface area contributed by atoms with Gasteiger partial charge in [0.15, 0.2) is 5.13 Å². The number of hydrogen-bond acceptors (Lipinski definition) is 5. The first-order valence-corrected chi connectivity index (χ1v) is 8.89. The Morgan fingerprint density at radius 2 is 2.04 bits per heavy atom. The van der Waals surface area contributed by atoms with Crippen molar-refractivity contribution in [2.75, 3.05) is 18.5 Å². The summed E-state index contributed by atoms with van der Waals surface area (Å²) >= 11 is 6.58. The maximum atomic E-state index is 13.4. The quantitative estimate of drug-likeness (QED) is 0.520. The molecule has 0 aliphatic rings. The number of benzene rings is 1. The molecule has 25 heavy (non-hydrogen) atoms. The summed E-state index contributed by atoms with van der Waals surface area (Å²) in [6.45, 7) is 4.93. The highest BCUT2D eigenvalue weighted by Crippen LogP contribution is 2.26. The molecule has 136 valence electrons. The van der Waals surface area contributed by atoms with Gasteiger partial charge in [0, 0.05) is 24.2 Å². The summed E-state index contributed by atoms with van der Waals surface area (Å²) in [5.74, 6) is -2.06. The molecule has 1 aromatic heterocycles. The summed E-state index contributed by atoms with van der Waals surface area (Å²) in [4.78, 5) is 16.1. The van der Waals surface area contributed by atoms with Crippen LogP contribution in [0, 0.1) is 11.6 Å². The van der Waals surface area contributed by atoms with Crippen molar-refractivity contribution >= 4 is 39.7 Å². The van der Waals surface area contributed by atoms with Crippen LogP contribution in [-0.4, -0.2) is 30.1 Å². The number of anilines is 2. The fourth-order valence-electron chi connectivity index (χ4n) is 1.87. The number of amides is 1. The van der Waals surface area contributed by atoms with Gasteiger partial charge in [-0.25, -0.2) is 13.8 Å². The summed E-state index contributed by atoms with van der Waals surface area (Å²) in [7, 11) is 0. The van der Waals surface area contributed by atoms with Crippen LogP contribution in [0.1, 0.15) is 30.8 Å². The van der Waals surface area contributed by atoms with Gasteiger partial charge in [-0.1, -0.05) is 11.6 Å². The number of nitrogens with one attached hydrogen (secondary N) is 2. The third-order valence-corrected chi connectivity index (χ3v) is 4.15. The van der Waals surface area contributed by atoms with Crippen molar-refractivity contribution < 1.29 is 18.3 Å². The number of carbonyl (C=O) groups excluding carboxylic acids is 1. The second-order valence-electron chi connectivity index (χ2n) is 5.45. The van der Waals surface area contributed by atoms with Gasteiger partial charge in [-0.3, -0.25) is 4.79 Å². The van der Waals surface area contributed by atoms with Crippen molar-refractivity contribution in [1.29, 1.82) is 0 Å². The number of rotatable bonds is 8. The molecule has 0 saturated heterocycles. The number of halogens is 3. The Balaban J connectivity index is 1.88. The fraction of sp³-hybridized carbons (Fsp3) is 0.375. The van der Waals surface area contributed by atoms with Gasteiger partial charge in [-0.05, 0) is 32.4 Å². The Morgan fingerprint density at radius 3 is 2.68 bits per heavy atom. The van der Waals surface area contributed by atoms with Crippen LogP contribution in [-0.2, 0) is 4.74 Å². The molecule has 1 aromatic carbocycles. The van der Waals surface area contributed by atoms with Crippen molar-refractivity contribution in [3.05, 3.63) is 39.9 Å². The topological polar surface area (TPSA) is 63.2 Å². The van der Waals surface area contributed by atoms with E-state index in [1.165, 1.54) is 0 Å². The lowest BCUT2D eigenvalue weighted by Crippen LogP contribution is -2.25. The fourth-order valence-corrected chi connectivity index (χ4v) is 2.69. The van der Waals surface area contributed by atoms with Crippen LogP contribution in [0.3, 0.4) is 0 Å². The average molecular weight is 390 g/mol. The van der Waals surface area contributed by atoms with Crippen LogP contribution in [0.25, 0.3) is 0 Å². The Morgan fingerprint density at radius 1 is 1.36 bits per heavy atom. The van der Waals surface area contributed by atoms with Crippen molar-refractivity contribution in [1.82, 2.24) is 10.3 Å². The highest BCUT2D eigenvalue weighted by atomic mass is 35.5. The van der Waals surface area contributed by atoms with Gasteiger partial charge in [0.05, 0.1) is 6.10 Å². The zero-order chi connectivity index (χ0) is 18.4. The highest BCUT2D eigenvalue weighted by molar-refractivity contribution is 7.14. The SMILES string of the molecule is CC(C)OCCCNC(=O)c1csc(Nc2cc(F)c(Cl)c(F)c2)n1. The minimum absolute atomic E-state index is 0.158. The van der Waals surface area contributed by atoms with E-state index < -0.39 is 16.7 Å². The lowest BCUT2D eigenvalue weighted by molar-refractivity contribution is 0.0756. The zero-order valence-electron chi connectivity index (χ0n) is 13.7. The third kappa shape index (κ3) is 5.91. The molecule has 5 nitrogen and oxygen atoms in total. The van der Waals surface area contributed by atoms with Gasteiger partial charge >= 0.3 is 0 Å². The molecule has 0 aliphatic carbocycles. The van der Waals surface area contributed by atoms with Gasteiger partial charge in [-0.15, -0.1) is 11.3 Å². The molecule has 0 saturated carbocycles. The number of hydrogen-bond donors (Lipinski definition) is 2. The van der Waals surface area contributed by atoms with E-state index in [1.54, 1.807) is 5.38 Å².